The summed E-state index contributed by atoms with van der Waals surface area (Å²) in [6.07, 6.45) is 4.27. The van der Waals surface area contributed by atoms with E-state index in [1.54, 1.807) is 0 Å². The van der Waals surface area contributed by atoms with Crippen molar-refractivity contribution in [3.8, 4) is 22.4 Å². The number of nitrogens with zero attached hydrogens (tertiary/aromatic N) is 3. The highest BCUT2D eigenvalue weighted by atomic mass is 35.5. The van der Waals surface area contributed by atoms with Crippen molar-refractivity contribution in [2.75, 3.05) is 18.0 Å². The summed E-state index contributed by atoms with van der Waals surface area (Å²) in [7, 11) is 0. The summed E-state index contributed by atoms with van der Waals surface area (Å²) in [4.78, 5) is 10.1. The number of piperidine rings is 1. The number of benzene rings is 4. The number of aryl methyl sites for hydroxylation is 5. The molecule has 0 N–H and O–H groups in total. The lowest BCUT2D eigenvalue weighted by atomic mass is 9.93. The van der Waals surface area contributed by atoms with E-state index in [2.05, 4.69) is 143 Å². The Labute approximate surface area is 301 Å². The monoisotopic (exact) mass is 679 g/mol. The molecule has 4 aromatic carbocycles. The fourth-order valence-corrected chi connectivity index (χ4v) is 7.11. The van der Waals surface area contributed by atoms with Gasteiger partial charge in [0.25, 0.3) is 0 Å². The SMILES string of the molecule is Cc1cccc(N(Cc2ccccc2-c2cc(C)c(C)c(C)c2)C2CCN(Cc3ccnc(-c4cc(C)c(C)c(C)c4)c3)CC2)c1.Cl.Cl. The van der Waals surface area contributed by atoms with Crippen LogP contribution in [0.2, 0.25) is 0 Å². The van der Waals surface area contributed by atoms with Gasteiger partial charge in [0.15, 0.2) is 0 Å². The van der Waals surface area contributed by atoms with E-state index in [1.807, 2.05) is 6.20 Å². The predicted molar refractivity (Wildman–Crippen MR) is 210 cm³/mol. The smallest absolute Gasteiger partial charge is 0.0705 e. The van der Waals surface area contributed by atoms with E-state index in [-0.39, 0.29) is 24.8 Å². The first kappa shape index (κ1) is 37.2. The Morgan fingerprint density at radius 2 is 1.27 bits per heavy atom. The Morgan fingerprint density at radius 1 is 0.667 bits per heavy atom. The van der Waals surface area contributed by atoms with Gasteiger partial charge in [0.05, 0.1) is 5.69 Å². The molecule has 1 fully saturated rings. The maximum atomic E-state index is 4.75. The average Bonchev–Trinajstić information content (AvgIpc) is 3.05. The van der Waals surface area contributed by atoms with E-state index in [0.717, 1.165) is 44.7 Å². The van der Waals surface area contributed by atoms with Gasteiger partial charge in [-0.25, -0.2) is 0 Å². The number of halogens is 2. The zero-order valence-electron chi connectivity index (χ0n) is 29.6. The van der Waals surface area contributed by atoms with Crippen LogP contribution in [0, 0.1) is 48.5 Å². The first-order valence-electron chi connectivity index (χ1n) is 16.9. The highest BCUT2D eigenvalue weighted by Gasteiger charge is 2.26. The lowest BCUT2D eigenvalue weighted by molar-refractivity contribution is 0.201. The van der Waals surface area contributed by atoms with E-state index in [9.17, 15) is 0 Å². The van der Waals surface area contributed by atoms with Crippen LogP contribution >= 0.6 is 24.8 Å². The molecule has 48 heavy (non-hydrogen) atoms. The first-order chi connectivity index (χ1) is 22.2. The van der Waals surface area contributed by atoms with Crippen LogP contribution in [0.15, 0.2) is 91.1 Å². The molecule has 5 heteroatoms. The highest BCUT2D eigenvalue weighted by molar-refractivity contribution is 5.85. The zero-order chi connectivity index (χ0) is 32.4. The van der Waals surface area contributed by atoms with Crippen molar-refractivity contribution < 1.29 is 0 Å². The third-order valence-electron chi connectivity index (χ3n) is 10.4. The van der Waals surface area contributed by atoms with Gasteiger partial charge in [-0.15, -0.1) is 24.8 Å². The Hall–Kier alpha value is -3.63. The van der Waals surface area contributed by atoms with E-state index < -0.39 is 0 Å². The van der Waals surface area contributed by atoms with Gasteiger partial charge >= 0.3 is 0 Å². The van der Waals surface area contributed by atoms with Gasteiger partial charge in [0.2, 0.25) is 0 Å². The average molecular weight is 681 g/mol. The molecule has 252 valence electrons. The molecule has 2 heterocycles. The van der Waals surface area contributed by atoms with Gasteiger partial charge < -0.3 is 4.90 Å². The molecule has 0 atom stereocenters. The second kappa shape index (κ2) is 16.2. The van der Waals surface area contributed by atoms with E-state index in [4.69, 9.17) is 4.98 Å². The Balaban J connectivity index is 0.00000260. The van der Waals surface area contributed by atoms with Crippen LogP contribution < -0.4 is 4.90 Å². The molecule has 0 saturated carbocycles. The van der Waals surface area contributed by atoms with Gasteiger partial charge in [0.1, 0.15) is 0 Å². The van der Waals surface area contributed by atoms with E-state index >= 15 is 0 Å². The summed E-state index contributed by atoms with van der Waals surface area (Å²) in [6.45, 7) is 19.5. The third-order valence-corrected chi connectivity index (χ3v) is 10.4. The molecular formula is C43H51Cl2N3. The molecule has 1 saturated heterocycles. The summed E-state index contributed by atoms with van der Waals surface area (Å²) in [6, 6.07) is 32.3. The van der Waals surface area contributed by atoms with Crippen LogP contribution in [0.25, 0.3) is 22.4 Å². The highest BCUT2D eigenvalue weighted by Crippen LogP contribution is 2.33. The largest absolute Gasteiger partial charge is 0.364 e. The fourth-order valence-electron chi connectivity index (χ4n) is 7.11. The summed E-state index contributed by atoms with van der Waals surface area (Å²) in [5, 5.41) is 0. The van der Waals surface area contributed by atoms with Crippen LogP contribution in [-0.4, -0.2) is 29.0 Å². The van der Waals surface area contributed by atoms with Crippen molar-refractivity contribution >= 4 is 30.5 Å². The minimum Gasteiger partial charge on any atom is -0.364 e. The van der Waals surface area contributed by atoms with Gasteiger partial charge in [-0.3, -0.25) is 9.88 Å². The quantitative estimate of drug-likeness (QED) is 0.163. The molecule has 0 aliphatic carbocycles. The maximum Gasteiger partial charge on any atom is 0.0705 e. The number of pyridine rings is 1. The Bertz CT molecular complexity index is 1810. The minimum atomic E-state index is 0. The van der Waals surface area contributed by atoms with Gasteiger partial charge in [-0.2, -0.15) is 0 Å². The maximum absolute atomic E-state index is 4.75. The standard InChI is InChI=1S/C43H49N3.2ClH/c1-29-11-10-13-41(21-29)46(28-37-12-8-9-14-42(37)38-22-30(2)34(6)31(3)23-38)40-16-19-45(20-17-40)27-36-15-18-44-43(26-36)39-24-32(4)35(7)33(5)25-39;;/h8-15,18,21-26,40H,16-17,19-20,27-28H2,1-7H3;2*1H. The minimum absolute atomic E-state index is 0. The second-order valence-corrected chi connectivity index (χ2v) is 13.7. The van der Waals surface area contributed by atoms with Crippen molar-refractivity contribution in [2.24, 2.45) is 0 Å². The topological polar surface area (TPSA) is 19.4 Å². The number of hydrogen-bond donors (Lipinski definition) is 0. The Kier molecular flexibility index (Phi) is 12.5. The summed E-state index contributed by atoms with van der Waals surface area (Å²) in [5.41, 5.74) is 18.4. The first-order valence-corrected chi connectivity index (χ1v) is 16.9. The lowest BCUT2D eigenvalue weighted by Gasteiger charge is -2.40. The number of likely N-dealkylation sites (tertiary alicyclic amines) is 1. The van der Waals surface area contributed by atoms with Crippen LogP contribution in [0.4, 0.5) is 5.69 Å². The Morgan fingerprint density at radius 3 is 1.90 bits per heavy atom. The summed E-state index contributed by atoms with van der Waals surface area (Å²) >= 11 is 0. The lowest BCUT2D eigenvalue weighted by Crippen LogP contribution is -2.44. The molecule has 6 rings (SSSR count). The molecule has 0 amide bonds. The molecule has 0 bridgehead atoms. The van der Waals surface area contributed by atoms with Crippen LogP contribution in [0.3, 0.4) is 0 Å². The van der Waals surface area contributed by atoms with Crippen LogP contribution in [-0.2, 0) is 13.1 Å². The molecule has 1 aliphatic heterocycles. The molecule has 3 nitrogen and oxygen atoms in total. The molecule has 1 aromatic heterocycles. The summed E-state index contributed by atoms with van der Waals surface area (Å²) in [5.74, 6) is 0. The zero-order valence-corrected chi connectivity index (χ0v) is 31.3. The normalized spacial score (nSPS) is 13.5. The van der Waals surface area contributed by atoms with Crippen molar-refractivity contribution in [3.05, 3.63) is 141 Å². The molecule has 0 radical (unpaired) electrons. The third kappa shape index (κ3) is 8.32. The van der Waals surface area contributed by atoms with Crippen molar-refractivity contribution in [2.45, 2.75) is 80.4 Å². The van der Waals surface area contributed by atoms with Crippen molar-refractivity contribution in [3.63, 3.8) is 0 Å². The molecule has 0 spiro atoms. The van der Waals surface area contributed by atoms with Gasteiger partial charge in [-0.1, -0.05) is 48.5 Å². The van der Waals surface area contributed by atoms with Crippen LogP contribution in [0.1, 0.15) is 62.9 Å². The van der Waals surface area contributed by atoms with E-state index in [1.165, 1.54) is 72.4 Å². The van der Waals surface area contributed by atoms with Gasteiger partial charge in [-0.05, 0) is 159 Å². The fraction of sp³-hybridized carbons (Fsp3) is 0.326. The van der Waals surface area contributed by atoms with Crippen molar-refractivity contribution in [1.29, 1.82) is 0 Å². The number of rotatable bonds is 8. The molecular weight excluding hydrogens is 629 g/mol. The molecule has 1 aliphatic rings. The number of anilines is 1. The number of hydrogen-bond acceptors (Lipinski definition) is 3. The summed E-state index contributed by atoms with van der Waals surface area (Å²) < 4.78 is 0. The van der Waals surface area contributed by atoms with Crippen molar-refractivity contribution in [1.82, 2.24) is 9.88 Å². The second-order valence-electron chi connectivity index (χ2n) is 13.7. The van der Waals surface area contributed by atoms with E-state index in [0.29, 0.717) is 6.04 Å². The number of aromatic nitrogens is 1. The van der Waals surface area contributed by atoms with Crippen LogP contribution in [0.5, 0.6) is 0 Å². The molecule has 5 aromatic rings. The predicted octanol–water partition coefficient (Wildman–Crippen LogP) is 11.1. The van der Waals surface area contributed by atoms with Gasteiger partial charge in [0, 0.05) is 49.7 Å². The molecule has 0 unspecified atom stereocenters.